The van der Waals surface area contributed by atoms with Crippen LogP contribution in [-0.4, -0.2) is 13.7 Å². The molecule has 2 rings (SSSR count). The number of halogens is 1. The molecule has 4 heteroatoms. The smallest absolute Gasteiger partial charge is 0.161 e. The summed E-state index contributed by atoms with van der Waals surface area (Å²) in [4.78, 5) is 0. The van der Waals surface area contributed by atoms with Crippen molar-refractivity contribution in [3.8, 4) is 11.5 Å². The zero-order valence-electron chi connectivity index (χ0n) is 15.9. The van der Waals surface area contributed by atoms with Gasteiger partial charge in [-0.2, -0.15) is 0 Å². The summed E-state index contributed by atoms with van der Waals surface area (Å²) in [5.74, 6) is 1.48. The highest BCUT2D eigenvalue weighted by Gasteiger charge is 2.07. The highest BCUT2D eigenvalue weighted by molar-refractivity contribution is 6.31. The molecule has 0 aliphatic carbocycles. The van der Waals surface area contributed by atoms with Crippen LogP contribution in [0.5, 0.6) is 11.5 Å². The third-order valence-electron chi connectivity index (χ3n) is 4.36. The number of hydrogen-bond acceptors (Lipinski definition) is 3. The van der Waals surface area contributed by atoms with Crippen LogP contribution in [0.1, 0.15) is 50.2 Å². The molecule has 0 atom stereocenters. The summed E-state index contributed by atoms with van der Waals surface area (Å²) in [7, 11) is 1.67. The lowest BCUT2D eigenvalue weighted by Crippen LogP contribution is -2.14. The van der Waals surface area contributed by atoms with E-state index < -0.39 is 0 Å². The van der Waals surface area contributed by atoms with E-state index in [2.05, 4.69) is 18.3 Å². The Hall–Kier alpha value is -1.71. The molecule has 3 nitrogen and oxygen atoms in total. The number of unbranched alkanes of at least 4 members (excludes halogenated alkanes) is 4. The van der Waals surface area contributed by atoms with E-state index in [1.807, 2.05) is 36.4 Å². The normalized spacial score (nSPS) is 10.7. The predicted molar refractivity (Wildman–Crippen MR) is 109 cm³/mol. The third kappa shape index (κ3) is 6.89. The minimum atomic E-state index is 0.422. The van der Waals surface area contributed by atoms with E-state index in [1.54, 1.807) is 7.11 Å². The molecular formula is C22H30ClNO2. The fraction of sp³-hybridized carbons (Fsp3) is 0.455. The summed E-state index contributed by atoms with van der Waals surface area (Å²) in [6, 6.07) is 13.8. The molecule has 1 N–H and O–H groups in total. The molecule has 0 fully saturated rings. The number of ether oxygens (including phenoxy) is 2. The van der Waals surface area contributed by atoms with Crippen molar-refractivity contribution in [2.24, 2.45) is 0 Å². The summed E-state index contributed by atoms with van der Waals surface area (Å²) in [6.45, 7) is 4.56. The third-order valence-corrected chi connectivity index (χ3v) is 4.72. The monoisotopic (exact) mass is 375 g/mol. The SMILES string of the molecule is CCCCCCCNCc1ccc(OCc2ccccc2Cl)c(OC)c1. The average Bonchev–Trinajstić information content (AvgIpc) is 2.67. The van der Waals surface area contributed by atoms with Crippen molar-refractivity contribution in [2.45, 2.75) is 52.2 Å². The maximum atomic E-state index is 6.18. The molecule has 0 spiro atoms. The van der Waals surface area contributed by atoms with Crippen LogP contribution in [0.15, 0.2) is 42.5 Å². The molecule has 26 heavy (non-hydrogen) atoms. The lowest BCUT2D eigenvalue weighted by Gasteiger charge is -2.13. The molecule has 0 bridgehead atoms. The highest BCUT2D eigenvalue weighted by Crippen LogP contribution is 2.29. The fourth-order valence-corrected chi connectivity index (χ4v) is 2.99. The Kier molecular flexibility index (Phi) is 9.36. The number of hydrogen-bond donors (Lipinski definition) is 1. The Bertz CT molecular complexity index is 660. The van der Waals surface area contributed by atoms with Gasteiger partial charge in [-0.25, -0.2) is 0 Å². The molecule has 0 aliphatic rings. The van der Waals surface area contributed by atoms with Crippen molar-refractivity contribution in [1.82, 2.24) is 5.32 Å². The van der Waals surface area contributed by atoms with Crippen molar-refractivity contribution in [2.75, 3.05) is 13.7 Å². The molecular weight excluding hydrogens is 346 g/mol. The first-order chi connectivity index (χ1) is 12.7. The van der Waals surface area contributed by atoms with E-state index in [0.29, 0.717) is 11.6 Å². The average molecular weight is 376 g/mol. The minimum Gasteiger partial charge on any atom is -0.493 e. The fourth-order valence-electron chi connectivity index (χ4n) is 2.80. The first kappa shape index (κ1) is 20.6. The van der Waals surface area contributed by atoms with Crippen molar-refractivity contribution in [1.29, 1.82) is 0 Å². The molecule has 0 saturated carbocycles. The van der Waals surface area contributed by atoms with E-state index in [0.717, 1.165) is 30.2 Å². The number of benzene rings is 2. The van der Waals surface area contributed by atoms with Crippen molar-refractivity contribution >= 4 is 11.6 Å². The van der Waals surface area contributed by atoms with E-state index >= 15 is 0 Å². The topological polar surface area (TPSA) is 30.5 Å². The first-order valence-electron chi connectivity index (χ1n) is 9.48. The Balaban J connectivity index is 1.82. The Morgan fingerprint density at radius 1 is 0.962 bits per heavy atom. The van der Waals surface area contributed by atoms with Gasteiger partial charge in [-0.1, -0.05) is 68.5 Å². The van der Waals surface area contributed by atoms with E-state index in [-0.39, 0.29) is 0 Å². The molecule has 2 aromatic carbocycles. The van der Waals surface area contributed by atoms with Gasteiger partial charge in [0.05, 0.1) is 7.11 Å². The molecule has 0 saturated heterocycles. The second-order valence-electron chi connectivity index (χ2n) is 6.46. The standard InChI is InChI=1S/C22H30ClNO2/c1-3-4-5-6-9-14-24-16-18-12-13-21(22(15-18)25-2)26-17-19-10-7-8-11-20(19)23/h7-8,10-13,15,24H,3-6,9,14,16-17H2,1-2H3. The molecule has 0 aromatic heterocycles. The maximum Gasteiger partial charge on any atom is 0.161 e. The number of rotatable bonds is 12. The molecule has 142 valence electrons. The predicted octanol–water partition coefficient (Wildman–Crippen LogP) is 5.99. The van der Waals surface area contributed by atoms with Crippen LogP contribution >= 0.6 is 11.6 Å². The summed E-state index contributed by atoms with van der Waals surface area (Å²) in [5, 5.41) is 4.21. The van der Waals surface area contributed by atoms with E-state index in [1.165, 1.54) is 37.7 Å². The second-order valence-corrected chi connectivity index (χ2v) is 6.86. The Morgan fingerprint density at radius 2 is 1.77 bits per heavy atom. The summed E-state index contributed by atoms with van der Waals surface area (Å²) in [6.07, 6.45) is 6.50. The molecule has 0 amide bonds. The minimum absolute atomic E-state index is 0.422. The van der Waals surface area contributed by atoms with Gasteiger partial charge in [0.25, 0.3) is 0 Å². The van der Waals surface area contributed by atoms with Crippen LogP contribution < -0.4 is 14.8 Å². The lowest BCUT2D eigenvalue weighted by atomic mass is 10.1. The van der Waals surface area contributed by atoms with Crippen molar-refractivity contribution < 1.29 is 9.47 Å². The van der Waals surface area contributed by atoms with Gasteiger partial charge in [-0.15, -0.1) is 0 Å². The quantitative estimate of drug-likeness (QED) is 0.462. The Morgan fingerprint density at radius 3 is 2.54 bits per heavy atom. The molecule has 0 unspecified atom stereocenters. The summed E-state index contributed by atoms with van der Waals surface area (Å²) >= 11 is 6.18. The van der Waals surface area contributed by atoms with Gasteiger partial charge in [0, 0.05) is 17.1 Å². The van der Waals surface area contributed by atoms with Crippen LogP contribution in [0.3, 0.4) is 0 Å². The van der Waals surface area contributed by atoms with Crippen molar-refractivity contribution in [3.63, 3.8) is 0 Å². The van der Waals surface area contributed by atoms with Crippen LogP contribution in [0.25, 0.3) is 0 Å². The molecule has 0 heterocycles. The zero-order valence-corrected chi connectivity index (χ0v) is 16.6. The Labute approximate surface area is 162 Å². The largest absolute Gasteiger partial charge is 0.493 e. The van der Waals surface area contributed by atoms with Crippen molar-refractivity contribution in [3.05, 3.63) is 58.6 Å². The summed E-state index contributed by atoms with van der Waals surface area (Å²) in [5.41, 5.74) is 2.16. The van der Waals surface area contributed by atoms with Gasteiger partial charge in [-0.05, 0) is 36.7 Å². The van der Waals surface area contributed by atoms with Crippen LogP contribution in [-0.2, 0) is 13.2 Å². The molecule has 0 radical (unpaired) electrons. The lowest BCUT2D eigenvalue weighted by molar-refractivity contribution is 0.284. The van der Waals surface area contributed by atoms with E-state index in [4.69, 9.17) is 21.1 Å². The number of nitrogens with one attached hydrogen (secondary N) is 1. The second kappa shape index (κ2) is 11.8. The van der Waals surface area contributed by atoms with Crippen LogP contribution in [0.2, 0.25) is 5.02 Å². The van der Waals surface area contributed by atoms with Gasteiger partial charge in [-0.3, -0.25) is 0 Å². The molecule has 0 aliphatic heterocycles. The van der Waals surface area contributed by atoms with Gasteiger partial charge >= 0.3 is 0 Å². The van der Waals surface area contributed by atoms with Gasteiger partial charge < -0.3 is 14.8 Å². The highest BCUT2D eigenvalue weighted by atomic mass is 35.5. The molecule has 2 aromatic rings. The van der Waals surface area contributed by atoms with Gasteiger partial charge in [0.15, 0.2) is 11.5 Å². The van der Waals surface area contributed by atoms with E-state index in [9.17, 15) is 0 Å². The zero-order chi connectivity index (χ0) is 18.6. The van der Waals surface area contributed by atoms with Crippen LogP contribution in [0, 0.1) is 0 Å². The number of methoxy groups -OCH3 is 1. The van der Waals surface area contributed by atoms with Crippen LogP contribution in [0.4, 0.5) is 0 Å². The summed E-state index contributed by atoms with van der Waals surface area (Å²) < 4.78 is 11.4. The first-order valence-corrected chi connectivity index (χ1v) is 9.86. The van der Waals surface area contributed by atoms with Gasteiger partial charge in [0.2, 0.25) is 0 Å². The van der Waals surface area contributed by atoms with Gasteiger partial charge in [0.1, 0.15) is 6.61 Å². The maximum absolute atomic E-state index is 6.18.